The number of piperidine rings is 1. The van der Waals surface area contributed by atoms with E-state index < -0.39 is 33.2 Å². The zero-order chi connectivity index (χ0) is 26.9. The molecular formula is C29H34N2O6S. The molecule has 1 saturated carbocycles. The van der Waals surface area contributed by atoms with Crippen molar-refractivity contribution in [2.45, 2.75) is 67.6 Å². The molecule has 2 aromatic rings. The second-order valence-electron chi connectivity index (χ2n) is 11.1. The van der Waals surface area contributed by atoms with Crippen LogP contribution in [0.5, 0.6) is 11.5 Å². The van der Waals surface area contributed by atoms with Gasteiger partial charge in [-0.05, 0) is 42.9 Å². The Balaban J connectivity index is 1.49. The first-order valence-electron chi connectivity index (χ1n) is 13.2. The summed E-state index contributed by atoms with van der Waals surface area (Å²) in [5.41, 5.74) is 0.974. The van der Waals surface area contributed by atoms with E-state index in [1.54, 1.807) is 13.1 Å². The lowest BCUT2D eigenvalue weighted by molar-refractivity contribution is -0.220. The Labute approximate surface area is 223 Å². The summed E-state index contributed by atoms with van der Waals surface area (Å²) in [5.74, 6) is -0.0474. The highest BCUT2D eigenvalue weighted by Gasteiger charge is 2.75. The number of nitrogens with zero attached hydrogens (tertiary/aromatic N) is 2. The molecule has 2 heterocycles. The van der Waals surface area contributed by atoms with Gasteiger partial charge in [-0.2, -0.15) is 4.31 Å². The van der Waals surface area contributed by atoms with Gasteiger partial charge in [0, 0.05) is 32.6 Å². The van der Waals surface area contributed by atoms with Gasteiger partial charge in [-0.3, -0.25) is 9.69 Å². The van der Waals surface area contributed by atoms with Gasteiger partial charge in [-0.25, -0.2) is 8.42 Å². The largest absolute Gasteiger partial charge is 0.504 e. The van der Waals surface area contributed by atoms with E-state index in [0.29, 0.717) is 43.5 Å². The molecule has 0 amide bonds. The van der Waals surface area contributed by atoms with Crippen molar-refractivity contribution < 1.29 is 27.8 Å². The molecule has 0 unspecified atom stereocenters. The van der Waals surface area contributed by atoms with Crippen LogP contribution in [0.1, 0.15) is 42.9 Å². The van der Waals surface area contributed by atoms with Gasteiger partial charge >= 0.3 is 5.97 Å². The van der Waals surface area contributed by atoms with E-state index in [1.165, 1.54) is 11.2 Å². The molecule has 2 fully saturated rings. The standard InChI is InChI=1S/C29H34N2O6S/c1-4-15-31-16-14-28-25-21-10-11-23(33)26(25)36-27(28)22(12-13-29(28,24(31)17-21)37-19(2)32)30(3)38(34,35)18-20-8-6-5-7-9-20/h4-11,22,24,27,33H,1,12-18H2,2-3H3/t22-,24-,27+,28+,29-/m1/s1. The minimum atomic E-state index is -3.69. The van der Waals surface area contributed by atoms with E-state index in [4.69, 9.17) is 9.47 Å². The van der Waals surface area contributed by atoms with Crippen LogP contribution in [0.15, 0.2) is 55.1 Å². The van der Waals surface area contributed by atoms with Crippen LogP contribution in [0, 0.1) is 0 Å². The molecule has 202 valence electrons. The molecule has 1 spiro atoms. The van der Waals surface area contributed by atoms with E-state index >= 15 is 0 Å². The monoisotopic (exact) mass is 538 g/mol. The summed E-state index contributed by atoms with van der Waals surface area (Å²) in [5, 5.41) is 10.9. The Morgan fingerprint density at radius 3 is 2.74 bits per heavy atom. The Bertz CT molecular complexity index is 1400. The molecule has 1 N–H and O–H groups in total. The van der Waals surface area contributed by atoms with Gasteiger partial charge in [0.05, 0.1) is 23.3 Å². The van der Waals surface area contributed by atoms with E-state index in [0.717, 1.165) is 17.7 Å². The number of hydrogen-bond donors (Lipinski definition) is 1. The molecule has 5 atom stereocenters. The minimum Gasteiger partial charge on any atom is -0.504 e. The second-order valence-corrected chi connectivity index (χ2v) is 13.1. The maximum absolute atomic E-state index is 13.7. The molecule has 8 nitrogen and oxygen atoms in total. The molecule has 2 bridgehead atoms. The van der Waals surface area contributed by atoms with Gasteiger partial charge in [-0.1, -0.05) is 42.5 Å². The molecule has 38 heavy (non-hydrogen) atoms. The molecule has 1 saturated heterocycles. The molecule has 4 aliphatic rings. The molecule has 6 rings (SSSR count). The van der Waals surface area contributed by atoms with Crippen LogP contribution < -0.4 is 4.74 Å². The van der Waals surface area contributed by atoms with E-state index in [1.807, 2.05) is 42.5 Å². The van der Waals surface area contributed by atoms with Crippen molar-refractivity contribution in [1.29, 1.82) is 0 Å². The van der Waals surface area contributed by atoms with Crippen LogP contribution in [0.4, 0.5) is 0 Å². The Morgan fingerprint density at radius 1 is 1.26 bits per heavy atom. The first kappa shape index (κ1) is 25.4. The van der Waals surface area contributed by atoms with Gasteiger partial charge in [-0.15, -0.1) is 6.58 Å². The average Bonchev–Trinajstić information content (AvgIpc) is 3.22. The van der Waals surface area contributed by atoms with Gasteiger partial charge in [0.15, 0.2) is 11.5 Å². The van der Waals surface area contributed by atoms with Crippen molar-refractivity contribution in [2.24, 2.45) is 0 Å². The number of carbonyl (C=O) groups is 1. The van der Waals surface area contributed by atoms with Crippen LogP contribution in [0.25, 0.3) is 0 Å². The number of aromatic hydroxyl groups is 1. The maximum Gasteiger partial charge on any atom is 0.303 e. The van der Waals surface area contributed by atoms with Crippen molar-refractivity contribution in [1.82, 2.24) is 9.21 Å². The highest BCUT2D eigenvalue weighted by molar-refractivity contribution is 7.88. The summed E-state index contributed by atoms with van der Waals surface area (Å²) >= 11 is 0. The first-order chi connectivity index (χ1) is 18.1. The van der Waals surface area contributed by atoms with Crippen LogP contribution in [-0.4, -0.2) is 72.6 Å². The number of likely N-dealkylation sites (N-methyl/N-ethyl adjacent to an activating group) is 1. The fraction of sp³-hybridized carbons (Fsp3) is 0.483. The lowest BCUT2D eigenvalue weighted by atomic mass is 9.48. The van der Waals surface area contributed by atoms with Crippen LogP contribution in [-0.2, 0) is 37.1 Å². The van der Waals surface area contributed by atoms with Gasteiger partial charge < -0.3 is 14.6 Å². The van der Waals surface area contributed by atoms with Crippen molar-refractivity contribution in [3.05, 3.63) is 71.8 Å². The van der Waals surface area contributed by atoms with Gasteiger partial charge in [0.1, 0.15) is 11.7 Å². The van der Waals surface area contributed by atoms with E-state index in [-0.39, 0.29) is 23.5 Å². The molecule has 0 aromatic heterocycles. The molecule has 2 aliphatic heterocycles. The highest BCUT2D eigenvalue weighted by atomic mass is 32.2. The van der Waals surface area contributed by atoms with Crippen LogP contribution >= 0.6 is 0 Å². The maximum atomic E-state index is 13.7. The number of sulfonamides is 1. The smallest absolute Gasteiger partial charge is 0.303 e. The molecule has 0 radical (unpaired) electrons. The number of esters is 1. The fourth-order valence-electron chi connectivity index (χ4n) is 7.89. The van der Waals surface area contributed by atoms with Gasteiger partial charge in [0.25, 0.3) is 0 Å². The molecular weight excluding hydrogens is 504 g/mol. The zero-order valence-corrected chi connectivity index (χ0v) is 22.6. The molecule has 2 aliphatic carbocycles. The zero-order valence-electron chi connectivity index (χ0n) is 21.8. The third-order valence-electron chi connectivity index (χ3n) is 9.29. The van der Waals surface area contributed by atoms with Crippen molar-refractivity contribution in [3.63, 3.8) is 0 Å². The third kappa shape index (κ3) is 3.41. The number of benzene rings is 2. The number of phenolic OH excluding ortho intramolecular Hbond substituents is 1. The average molecular weight is 539 g/mol. The summed E-state index contributed by atoms with van der Waals surface area (Å²) in [6, 6.07) is 12.1. The fourth-order valence-corrected chi connectivity index (χ4v) is 9.33. The number of phenols is 1. The van der Waals surface area contributed by atoms with Crippen molar-refractivity contribution in [2.75, 3.05) is 20.1 Å². The first-order valence-corrected chi connectivity index (χ1v) is 14.8. The summed E-state index contributed by atoms with van der Waals surface area (Å²) in [6.07, 6.45) is 3.48. The third-order valence-corrected chi connectivity index (χ3v) is 11.1. The minimum absolute atomic E-state index is 0.0322. The van der Waals surface area contributed by atoms with Crippen molar-refractivity contribution >= 4 is 16.0 Å². The Kier molecular flexibility index (Phi) is 5.90. The van der Waals surface area contributed by atoms with Crippen molar-refractivity contribution in [3.8, 4) is 11.5 Å². The Hall–Kier alpha value is -2.88. The lowest BCUT2D eigenvalue weighted by Gasteiger charge is -2.65. The summed E-state index contributed by atoms with van der Waals surface area (Å²) in [6.45, 7) is 6.76. The highest BCUT2D eigenvalue weighted by Crippen LogP contribution is 2.67. The lowest BCUT2D eigenvalue weighted by Crippen LogP contribution is -2.79. The number of ether oxygens (including phenoxy) is 2. The Morgan fingerprint density at radius 2 is 2.03 bits per heavy atom. The number of rotatable bonds is 7. The normalized spacial score (nSPS) is 31.4. The number of carbonyl (C=O) groups excluding carboxylic acids is 1. The quantitative estimate of drug-likeness (QED) is 0.427. The predicted octanol–water partition coefficient (Wildman–Crippen LogP) is 3.13. The van der Waals surface area contributed by atoms with E-state index in [2.05, 4.69) is 11.5 Å². The topological polar surface area (TPSA) is 96.4 Å². The van der Waals surface area contributed by atoms with Crippen LogP contribution in [0.2, 0.25) is 0 Å². The SMILES string of the molecule is C=CCN1CC[C@]23c4c5ccc(O)c4O[C@H]2[C@H](N(C)S(=O)(=O)Cc2ccccc2)CC[C@@]3(OC(C)=O)[C@H]1C5. The number of hydrogen-bond acceptors (Lipinski definition) is 7. The van der Waals surface area contributed by atoms with Crippen LogP contribution in [0.3, 0.4) is 0 Å². The number of likely N-dealkylation sites (tertiary alicyclic amines) is 1. The van der Waals surface area contributed by atoms with Gasteiger partial charge in [0.2, 0.25) is 10.0 Å². The predicted molar refractivity (Wildman–Crippen MR) is 142 cm³/mol. The molecule has 9 heteroatoms. The second kappa shape index (κ2) is 8.83. The summed E-state index contributed by atoms with van der Waals surface area (Å²) in [4.78, 5) is 15.0. The summed E-state index contributed by atoms with van der Waals surface area (Å²) in [7, 11) is -2.07. The van der Waals surface area contributed by atoms with E-state index in [9.17, 15) is 18.3 Å². The summed E-state index contributed by atoms with van der Waals surface area (Å²) < 4.78 is 41.8. The molecule has 2 aromatic carbocycles.